The van der Waals surface area contributed by atoms with E-state index in [2.05, 4.69) is 36.6 Å². The number of fused-ring (bicyclic) bond motifs is 1. The van der Waals surface area contributed by atoms with Gasteiger partial charge in [0.1, 0.15) is 0 Å². The zero-order valence-electron chi connectivity index (χ0n) is 18.6. The molecule has 0 saturated heterocycles. The lowest BCUT2D eigenvalue weighted by Crippen LogP contribution is -2.44. The van der Waals surface area contributed by atoms with Crippen LogP contribution in [-0.2, 0) is 21.4 Å². The molecule has 0 radical (unpaired) electrons. The number of nitrogens with one attached hydrogen (secondary N) is 2. The van der Waals surface area contributed by atoms with Crippen LogP contribution in [-0.4, -0.2) is 42.5 Å². The van der Waals surface area contributed by atoms with Gasteiger partial charge >= 0.3 is 6.18 Å². The Bertz CT molecular complexity index is 987. The summed E-state index contributed by atoms with van der Waals surface area (Å²) in [4.78, 5) is 23.8. The van der Waals surface area contributed by atoms with Crippen LogP contribution < -0.4 is 10.6 Å². The van der Waals surface area contributed by atoms with E-state index in [-0.39, 0.29) is 17.0 Å². The fraction of sp³-hybridized carbons (Fsp3) is 0.417. The van der Waals surface area contributed by atoms with Crippen LogP contribution in [0.2, 0.25) is 0 Å². The molecule has 0 fully saturated rings. The third-order valence-electron chi connectivity index (χ3n) is 6.15. The van der Waals surface area contributed by atoms with E-state index < -0.39 is 30.6 Å². The van der Waals surface area contributed by atoms with Gasteiger partial charge in [-0.25, -0.2) is 0 Å². The van der Waals surface area contributed by atoms with Crippen molar-refractivity contribution >= 4 is 17.5 Å². The second-order valence-electron chi connectivity index (χ2n) is 8.76. The monoisotopic (exact) mass is 447 g/mol. The minimum absolute atomic E-state index is 0.0457. The highest BCUT2D eigenvalue weighted by Crippen LogP contribution is 2.41. The molecule has 0 saturated carbocycles. The van der Waals surface area contributed by atoms with Gasteiger partial charge in [-0.3, -0.25) is 9.59 Å². The number of amides is 2. The van der Waals surface area contributed by atoms with Gasteiger partial charge in [-0.05, 0) is 35.2 Å². The number of carbonyl (C=O) groups excluding carboxylic acids is 2. The molecule has 1 aliphatic rings. The first-order valence-electron chi connectivity index (χ1n) is 10.4. The molecule has 172 valence electrons. The van der Waals surface area contributed by atoms with E-state index in [9.17, 15) is 22.8 Å². The molecular formula is C24H28F3N3O2. The highest BCUT2D eigenvalue weighted by Gasteiger charge is 2.45. The number of likely N-dealkylation sites (N-methyl/N-ethyl adjacent to an activating group) is 1. The van der Waals surface area contributed by atoms with Crippen molar-refractivity contribution in [3.8, 4) is 0 Å². The SMILES string of the molecule is CC(=O)NCC(=O)N(C)C(c1ccc(NC2Cc3ccccc3C2(C)C)cc1)C(F)(F)F. The number of anilines is 1. The molecule has 2 unspecified atom stereocenters. The van der Waals surface area contributed by atoms with Gasteiger partial charge in [0.2, 0.25) is 11.8 Å². The van der Waals surface area contributed by atoms with E-state index in [1.165, 1.54) is 30.2 Å². The van der Waals surface area contributed by atoms with Crippen molar-refractivity contribution in [2.75, 3.05) is 18.9 Å². The summed E-state index contributed by atoms with van der Waals surface area (Å²) in [7, 11) is 1.09. The van der Waals surface area contributed by atoms with Gasteiger partial charge in [-0.1, -0.05) is 50.2 Å². The molecule has 8 heteroatoms. The van der Waals surface area contributed by atoms with E-state index in [1.807, 2.05) is 12.1 Å². The summed E-state index contributed by atoms with van der Waals surface area (Å²) in [5.74, 6) is -1.31. The Balaban J connectivity index is 1.77. The average molecular weight is 448 g/mol. The molecule has 2 aromatic carbocycles. The lowest BCUT2D eigenvalue weighted by molar-refractivity contribution is -0.188. The first-order chi connectivity index (χ1) is 14.9. The number of carbonyl (C=O) groups is 2. The van der Waals surface area contributed by atoms with Crippen LogP contribution in [0.4, 0.5) is 18.9 Å². The van der Waals surface area contributed by atoms with Crippen molar-refractivity contribution in [3.63, 3.8) is 0 Å². The number of nitrogens with zero attached hydrogens (tertiary/aromatic N) is 1. The summed E-state index contributed by atoms with van der Waals surface area (Å²) in [5, 5.41) is 5.70. The van der Waals surface area contributed by atoms with Gasteiger partial charge in [-0.2, -0.15) is 13.2 Å². The summed E-state index contributed by atoms with van der Waals surface area (Å²) in [6.07, 6.45) is -3.83. The fourth-order valence-electron chi connectivity index (χ4n) is 4.28. The summed E-state index contributed by atoms with van der Waals surface area (Å²) in [6, 6.07) is 12.2. The van der Waals surface area contributed by atoms with Crippen molar-refractivity contribution in [2.45, 2.75) is 50.9 Å². The first kappa shape index (κ1) is 23.6. The van der Waals surface area contributed by atoms with E-state index >= 15 is 0 Å². The second kappa shape index (κ2) is 8.84. The number of halogens is 3. The van der Waals surface area contributed by atoms with Crippen LogP contribution in [0.15, 0.2) is 48.5 Å². The number of benzene rings is 2. The minimum Gasteiger partial charge on any atom is -0.381 e. The Morgan fingerprint density at radius 2 is 1.75 bits per heavy atom. The topological polar surface area (TPSA) is 61.4 Å². The lowest BCUT2D eigenvalue weighted by Gasteiger charge is -2.31. The first-order valence-corrected chi connectivity index (χ1v) is 10.4. The number of rotatable bonds is 6. The molecule has 2 atom stereocenters. The Morgan fingerprint density at radius 3 is 2.31 bits per heavy atom. The molecule has 0 heterocycles. The van der Waals surface area contributed by atoms with Gasteiger partial charge in [-0.15, -0.1) is 0 Å². The van der Waals surface area contributed by atoms with Gasteiger partial charge < -0.3 is 15.5 Å². The highest BCUT2D eigenvalue weighted by atomic mass is 19.4. The third kappa shape index (κ3) is 4.89. The number of hydrogen-bond acceptors (Lipinski definition) is 3. The molecule has 3 rings (SSSR count). The maximum Gasteiger partial charge on any atom is 0.413 e. The van der Waals surface area contributed by atoms with Crippen molar-refractivity contribution in [3.05, 3.63) is 65.2 Å². The van der Waals surface area contributed by atoms with Gasteiger partial charge in [0.05, 0.1) is 6.54 Å². The molecule has 0 aliphatic heterocycles. The van der Waals surface area contributed by atoms with E-state index in [4.69, 9.17) is 0 Å². The van der Waals surface area contributed by atoms with E-state index in [1.54, 1.807) is 12.1 Å². The Morgan fingerprint density at radius 1 is 1.12 bits per heavy atom. The quantitative estimate of drug-likeness (QED) is 0.698. The number of hydrogen-bond donors (Lipinski definition) is 2. The highest BCUT2D eigenvalue weighted by molar-refractivity contribution is 5.83. The summed E-state index contributed by atoms with van der Waals surface area (Å²) in [5.41, 5.74) is 3.08. The molecule has 2 aromatic rings. The largest absolute Gasteiger partial charge is 0.413 e. The van der Waals surface area contributed by atoms with Crippen molar-refractivity contribution in [1.29, 1.82) is 0 Å². The van der Waals surface area contributed by atoms with Crippen LogP contribution in [0.5, 0.6) is 0 Å². The number of alkyl halides is 3. The van der Waals surface area contributed by atoms with Crippen LogP contribution in [0.25, 0.3) is 0 Å². The molecule has 0 aromatic heterocycles. The van der Waals surface area contributed by atoms with Crippen LogP contribution in [0, 0.1) is 0 Å². The zero-order chi connectivity index (χ0) is 23.7. The third-order valence-corrected chi connectivity index (χ3v) is 6.15. The van der Waals surface area contributed by atoms with Crippen molar-refractivity contribution < 1.29 is 22.8 Å². The maximum atomic E-state index is 13.8. The van der Waals surface area contributed by atoms with Gasteiger partial charge in [0.15, 0.2) is 6.04 Å². The van der Waals surface area contributed by atoms with Crippen molar-refractivity contribution in [2.24, 2.45) is 0 Å². The van der Waals surface area contributed by atoms with Crippen molar-refractivity contribution in [1.82, 2.24) is 10.2 Å². The van der Waals surface area contributed by atoms with Gasteiger partial charge in [0.25, 0.3) is 0 Å². The lowest BCUT2D eigenvalue weighted by atomic mass is 9.83. The average Bonchev–Trinajstić information content (AvgIpc) is 2.96. The van der Waals surface area contributed by atoms with Crippen LogP contribution in [0.1, 0.15) is 43.5 Å². The zero-order valence-corrected chi connectivity index (χ0v) is 18.6. The summed E-state index contributed by atoms with van der Waals surface area (Å²) < 4.78 is 41.4. The molecular weight excluding hydrogens is 419 g/mol. The predicted molar refractivity (Wildman–Crippen MR) is 117 cm³/mol. The molecule has 5 nitrogen and oxygen atoms in total. The molecule has 0 bridgehead atoms. The molecule has 32 heavy (non-hydrogen) atoms. The summed E-state index contributed by atoms with van der Waals surface area (Å²) in [6.45, 7) is 5.01. The van der Waals surface area contributed by atoms with Crippen LogP contribution >= 0.6 is 0 Å². The molecule has 1 aliphatic carbocycles. The maximum absolute atomic E-state index is 13.8. The normalized spacial score (nSPS) is 17.9. The summed E-state index contributed by atoms with van der Waals surface area (Å²) >= 11 is 0. The Labute approximate surface area is 186 Å². The molecule has 2 N–H and O–H groups in total. The second-order valence-corrected chi connectivity index (χ2v) is 8.76. The van der Waals surface area contributed by atoms with Crippen LogP contribution in [0.3, 0.4) is 0 Å². The van der Waals surface area contributed by atoms with E-state index in [0.717, 1.165) is 13.5 Å². The van der Waals surface area contributed by atoms with E-state index in [0.29, 0.717) is 10.6 Å². The smallest absolute Gasteiger partial charge is 0.381 e. The Kier molecular flexibility index (Phi) is 6.53. The molecule has 0 spiro atoms. The predicted octanol–water partition coefficient (Wildman–Crippen LogP) is 4.20. The Hall–Kier alpha value is -3.03. The fourth-order valence-corrected chi connectivity index (χ4v) is 4.28. The van der Waals surface area contributed by atoms with Gasteiger partial charge in [0, 0.05) is 31.1 Å². The minimum atomic E-state index is -4.66. The molecule has 2 amide bonds. The standard InChI is InChI=1S/C24H28F3N3O2/c1-15(31)28-14-21(32)30(4)22(24(25,26)27)16-9-11-18(12-10-16)29-20-13-17-7-5-6-8-19(17)23(20,2)3/h5-12,20,22,29H,13-14H2,1-4H3,(H,28,31).